The van der Waals surface area contributed by atoms with E-state index < -0.39 is 10.0 Å². The Bertz CT molecular complexity index is 1430. The Morgan fingerprint density at radius 2 is 1.94 bits per heavy atom. The molecule has 33 heavy (non-hydrogen) atoms. The number of anilines is 2. The first-order valence-corrected chi connectivity index (χ1v) is 11.2. The lowest BCUT2D eigenvalue weighted by Gasteiger charge is -2.16. The molecule has 1 aromatic carbocycles. The number of imidazole rings is 1. The third-order valence-electron chi connectivity index (χ3n) is 4.95. The van der Waals surface area contributed by atoms with Gasteiger partial charge in [-0.2, -0.15) is 5.10 Å². The smallest absolute Gasteiger partial charge is 0.265 e. The largest absolute Gasteiger partial charge is 0.493 e. The second-order valence-electron chi connectivity index (χ2n) is 7.04. The van der Waals surface area contributed by atoms with Gasteiger partial charge in [0.1, 0.15) is 4.90 Å². The van der Waals surface area contributed by atoms with Crippen LogP contribution in [-0.2, 0) is 23.7 Å². The Balaban J connectivity index is 1.89. The average Bonchev–Trinajstić information content (AvgIpc) is 3.44. The average molecular weight is 474 g/mol. The normalized spacial score (nSPS) is 11.5. The van der Waals surface area contributed by atoms with E-state index in [0.717, 1.165) is 0 Å². The lowest BCUT2D eigenvalue weighted by atomic mass is 10.1. The molecule has 0 amide bonds. The number of benzene rings is 1. The Hall–Kier alpha value is -3.84. The van der Waals surface area contributed by atoms with Crippen LogP contribution in [-0.4, -0.2) is 58.9 Å². The highest BCUT2D eigenvalue weighted by atomic mass is 32.2. The quantitative estimate of drug-likeness (QED) is 0.346. The van der Waals surface area contributed by atoms with E-state index in [-0.39, 0.29) is 22.9 Å². The number of nitrogens with one attached hydrogen (secondary N) is 2. The van der Waals surface area contributed by atoms with Crippen LogP contribution in [0.1, 0.15) is 5.69 Å². The number of ether oxygens (including phenoxy) is 2. The standard InChI is InChI=1S/C20H23N7O5S/c1-21-19-20-22-8-16(27(20)9-13(11-28)24-19)12-5-15(18(32-4)17(6-12)31-3)25-33(29,30)14-7-23-26(2)10-14/h5-10,25,28H,11H2,1-4H3,(H,21,24). The number of aromatic nitrogens is 5. The number of hydrogen-bond donors (Lipinski definition) is 3. The molecule has 0 fully saturated rings. The Morgan fingerprint density at radius 3 is 2.55 bits per heavy atom. The molecule has 13 heteroatoms. The van der Waals surface area contributed by atoms with E-state index in [2.05, 4.69) is 25.1 Å². The summed E-state index contributed by atoms with van der Waals surface area (Å²) in [5.41, 5.74) is 2.37. The van der Waals surface area contributed by atoms with Crippen molar-refractivity contribution in [2.75, 3.05) is 31.3 Å². The van der Waals surface area contributed by atoms with Crippen LogP contribution < -0.4 is 19.5 Å². The Labute approximate surface area is 189 Å². The number of sulfonamides is 1. The SMILES string of the molecule is CNc1nc(CO)cn2c(-c3cc(NS(=O)(=O)c4cnn(C)c4)c(OC)c(OC)c3)cnc12. The van der Waals surface area contributed by atoms with Crippen molar-refractivity contribution < 1.29 is 23.0 Å². The molecule has 3 N–H and O–H groups in total. The first kappa shape index (κ1) is 22.4. The molecule has 4 rings (SSSR count). The molecule has 0 radical (unpaired) electrons. The molecule has 0 aliphatic heterocycles. The molecule has 0 bridgehead atoms. The van der Waals surface area contributed by atoms with Crippen molar-refractivity contribution in [2.24, 2.45) is 7.05 Å². The van der Waals surface area contributed by atoms with Crippen molar-refractivity contribution in [3.63, 3.8) is 0 Å². The third-order valence-corrected chi connectivity index (χ3v) is 6.27. The van der Waals surface area contributed by atoms with E-state index in [1.54, 1.807) is 43.0 Å². The molecular formula is C20H23N7O5S. The van der Waals surface area contributed by atoms with Crippen LogP contribution in [0.5, 0.6) is 11.5 Å². The first-order chi connectivity index (χ1) is 15.8. The molecule has 4 aromatic rings. The zero-order chi connectivity index (χ0) is 23.8. The van der Waals surface area contributed by atoms with Gasteiger partial charge in [-0.1, -0.05) is 0 Å². The molecule has 0 aliphatic carbocycles. The molecule has 0 atom stereocenters. The van der Waals surface area contributed by atoms with Crippen LogP contribution >= 0.6 is 0 Å². The van der Waals surface area contributed by atoms with Crippen LogP contribution in [0.4, 0.5) is 11.5 Å². The molecule has 0 spiro atoms. The van der Waals surface area contributed by atoms with Crippen LogP contribution in [0.3, 0.4) is 0 Å². The minimum atomic E-state index is -3.94. The molecular weight excluding hydrogens is 450 g/mol. The van der Waals surface area contributed by atoms with Crippen molar-refractivity contribution in [3.8, 4) is 22.8 Å². The van der Waals surface area contributed by atoms with Gasteiger partial charge in [0, 0.05) is 32.1 Å². The summed E-state index contributed by atoms with van der Waals surface area (Å²) in [5.74, 6) is 1.03. The van der Waals surface area contributed by atoms with Crippen LogP contribution in [0.15, 0.2) is 41.8 Å². The number of aliphatic hydroxyl groups is 1. The van der Waals surface area contributed by atoms with E-state index in [4.69, 9.17) is 9.47 Å². The van der Waals surface area contributed by atoms with Gasteiger partial charge in [-0.25, -0.2) is 18.4 Å². The van der Waals surface area contributed by atoms with Gasteiger partial charge in [-0.15, -0.1) is 0 Å². The van der Waals surface area contributed by atoms with Crippen molar-refractivity contribution in [1.29, 1.82) is 0 Å². The number of hydrogen-bond acceptors (Lipinski definition) is 9. The highest BCUT2D eigenvalue weighted by Gasteiger charge is 2.23. The van der Waals surface area contributed by atoms with Gasteiger partial charge in [0.05, 0.1) is 50.3 Å². The second-order valence-corrected chi connectivity index (χ2v) is 8.72. The molecule has 0 aliphatic rings. The van der Waals surface area contributed by atoms with Crippen LogP contribution in [0, 0.1) is 0 Å². The number of rotatable bonds is 8. The van der Waals surface area contributed by atoms with E-state index in [9.17, 15) is 13.5 Å². The number of aliphatic hydroxyl groups excluding tert-OH is 1. The van der Waals surface area contributed by atoms with Crippen LogP contribution in [0.25, 0.3) is 16.9 Å². The van der Waals surface area contributed by atoms with Crippen molar-refractivity contribution >= 4 is 27.2 Å². The number of aryl methyl sites for hydroxylation is 1. The van der Waals surface area contributed by atoms with E-state index in [1.807, 2.05) is 0 Å². The number of methoxy groups -OCH3 is 2. The fraction of sp³-hybridized carbons (Fsp3) is 0.250. The lowest BCUT2D eigenvalue weighted by molar-refractivity contribution is 0.276. The number of nitrogens with zero attached hydrogens (tertiary/aromatic N) is 5. The van der Waals surface area contributed by atoms with Gasteiger partial charge in [-0.3, -0.25) is 13.8 Å². The summed E-state index contributed by atoms with van der Waals surface area (Å²) in [6, 6.07) is 3.33. The molecule has 0 saturated carbocycles. The van der Waals surface area contributed by atoms with Crippen molar-refractivity contribution in [3.05, 3.63) is 42.6 Å². The summed E-state index contributed by atoms with van der Waals surface area (Å²) in [7, 11) is 2.28. The predicted octanol–water partition coefficient (Wildman–Crippen LogP) is 1.48. The first-order valence-electron chi connectivity index (χ1n) is 9.74. The molecule has 3 aromatic heterocycles. The monoisotopic (exact) mass is 473 g/mol. The summed E-state index contributed by atoms with van der Waals surface area (Å²) in [6.45, 7) is -0.260. The lowest BCUT2D eigenvalue weighted by Crippen LogP contribution is -2.13. The van der Waals surface area contributed by atoms with E-state index >= 15 is 0 Å². The Kier molecular flexibility index (Phi) is 5.82. The van der Waals surface area contributed by atoms with Crippen molar-refractivity contribution in [1.82, 2.24) is 24.1 Å². The summed E-state index contributed by atoms with van der Waals surface area (Å²) in [4.78, 5) is 8.75. The predicted molar refractivity (Wildman–Crippen MR) is 121 cm³/mol. The maximum atomic E-state index is 12.9. The van der Waals surface area contributed by atoms with Crippen molar-refractivity contribution in [2.45, 2.75) is 11.5 Å². The van der Waals surface area contributed by atoms with Gasteiger partial charge in [0.15, 0.2) is 23.0 Å². The molecule has 12 nitrogen and oxygen atoms in total. The zero-order valence-electron chi connectivity index (χ0n) is 18.4. The van der Waals surface area contributed by atoms with E-state index in [1.165, 1.54) is 31.3 Å². The fourth-order valence-corrected chi connectivity index (χ4v) is 4.46. The van der Waals surface area contributed by atoms with Gasteiger partial charge in [0.2, 0.25) is 0 Å². The fourth-order valence-electron chi connectivity index (χ4n) is 3.43. The summed E-state index contributed by atoms with van der Waals surface area (Å²) in [6.07, 6.45) is 5.93. The summed E-state index contributed by atoms with van der Waals surface area (Å²) < 4.78 is 42.5. The summed E-state index contributed by atoms with van der Waals surface area (Å²) >= 11 is 0. The topological polar surface area (TPSA) is 145 Å². The van der Waals surface area contributed by atoms with Gasteiger partial charge < -0.3 is 19.9 Å². The molecule has 0 saturated heterocycles. The minimum Gasteiger partial charge on any atom is -0.493 e. The van der Waals surface area contributed by atoms with E-state index in [0.29, 0.717) is 34.2 Å². The minimum absolute atomic E-state index is 0.00329. The molecule has 3 heterocycles. The highest BCUT2D eigenvalue weighted by Crippen LogP contribution is 2.41. The maximum absolute atomic E-state index is 12.9. The molecule has 174 valence electrons. The van der Waals surface area contributed by atoms with Gasteiger partial charge >= 0.3 is 0 Å². The van der Waals surface area contributed by atoms with Gasteiger partial charge in [0.25, 0.3) is 10.0 Å². The third kappa shape index (κ3) is 4.03. The maximum Gasteiger partial charge on any atom is 0.265 e. The number of fused-ring (bicyclic) bond motifs is 1. The summed E-state index contributed by atoms with van der Waals surface area (Å²) in [5, 5.41) is 16.5. The zero-order valence-corrected chi connectivity index (χ0v) is 19.2. The van der Waals surface area contributed by atoms with Gasteiger partial charge in [-0.05, 0) is 12.1 Å². The van der Waals surface area contributed by atoms with Crippen LogP contribution in [0.2, 0.25) is 0 Å². The highest BCUT2D eigenvalue weighted by molar-refractivity contribution is 7.92. The second kappa shape index (κ2) is 8.60. The molecule has 0 unspecified atom stereocenters. The Morgan fingerprint density at radius 1 is 1.15 bits per heavy atom.